The summed E-state index contributed by atoms with van der Waals surface area (Å²) in [5, 5.41) is 42.1. The fraction of sp³-hybridized carbons (Fsp3) is 0.444. The maximum absolute atomic E-state index is 14.1. The van der Waals surface area contributed by atoms with Crippen LogP contribution in [0.25, 0.3) is 0 Å². The van der Waals surface area contributed by atoms with Gasteiger partial charge in [-0.05, 0) is 81.1 Å². The van der Waals surface area contributed by atoms with Gasteiger partial charge < -0.3 is 30.3 Å². The molecule has 48 heavy (non-hydrogen) atoms. The Hall–Kier alpha value is -4.36. The molecule has 0 aliphatic carbocycles. The van der Waals surface area contributed by atoms with Crippen LogP contribution < -0.4 is 19.9 Å². The molecule has 2 amide bonds. The van der Waals surface area contributed by atoms with Crippen molar-refractivity contribution in [2.75, 3.05) is 42.7 Å². The summed E-state index contributed by atoms with van der Waals surface area (Å²) < 4.78 is 7.46. The summed E-state index contributed by atoms with van der Waals surface area (Å²) in [5.74, 6) is -0.483. The molecule has 3 atom stereocenters. The minimum atomic E-state index is -1.88. The summed E-state index contributed by atoms with van der Waals surface area (Å²) in [5.41, 5.74) is 2.02. The number of benzene rings is 2. The zero-order chi connectivity index (χ0) is 34.3. The highest BCUT2D eigenvalue weighted by atomic mass is 16.5. The number of unbranched alkanes of at least 4 members (excludes halogenated alkanes) is 1. The fourth-order valence-corrected chi connectivity index (χ4v) is 6.43. The van der Waals surface area contributed by atoms with E-state index in [9.17, 15) is 19.8 Å². The van der Waals surface area contributed by atoms with E-state index in [0.717, 1.165) is 17.7 Å². The molecule has 12 heteroatoms. The van der Waals surface area contributed by atoms with Crippen molar-refractivity contribution in [3.8, 4) is 5.75 Å². The van der Waals surface area contributed by atoms with Gasteiger partial charge in [0.2, 0.25) is 5.91 Å². The number of nitrogens with zero attached hydrogens (tertiary/aromatic N) is 5. The van der Waals surface area contributed by atoms with Gasteiger partial charge in [0.15, 0.2) is 5.60 Å². The molecule has 4 N–H and O–H groups in total. The molecule has 1 unspecified atom stereocenters. The lowest BCUT2D eigenvalue weighted by Crippen LogP contribution is -2.49. The molecule has 2 aliphatic heterocycles. The van der Waals surface area contributed by atoms with Crippen LogP contribution in [-0.4, -0.2) is 81.1 Å². The minimum Gasteiger partial charge on any atom is -0.494 e. The Labute approximate surface area is 281 Å². The molecular formula is C36H46N6O6. The Bertz CT molecular complexity index is 1640. The smallest absolute Gasteiger partial charge is 0.264 e. The van der Waals surface area contributed by atoms with Gasteiger partial charge in [0.05, 0.1) is 29.7 Å². The number of amides is 2. The molecule has 12 nitrogen and oxygen atoms in total. The van der Waals surface area contributed by atoms with Gasteiger partial charge in [-0.25, -0.2) is 0 Å². The van der Waals surface area contributed by atoms with Gasteiger partial charge in [0, 0.05) is 56.1 Å². The largest absolute Gasteiger partial charge is 0.494 e. The molecule has 3 aromatic rings. The third kappa shape index (κ3) is 7.07. The van der Waals surface area contributed by atoms with Crippen LogP contribution in [0, 0.1) is 5.92 Å². The number of nitrogens with one attached hydrogen (secondary N) is 1. The Kier molecular flexibility index (Phi) is 11.4. The van der Waals surface area contributed by atoms with Crippen LogP contribution in [0.15, 0.2) is 67.4 Å². The Morgan fingerprint density at radius 3 is 2.71 bits per heavy atom. The van der Waals surface area contributed by atoms with Crippen molar-refractivity contribution in [1.82, 2.24) is 20.3 Å². The van der Waals surface area contributed by atoms with E-state index >= 15 is 0 Å². The number of hydrogen-bond donors (Lipinski definition) is 4. The molecule has 256 valence electrons. The first-order chi connectivity index (χ1) is 23.3. The van der Waals surface area contributed by atoms with Crippen molar-refractivity contribution >= 4 is 28.9 Å². The number of aliphatic hydroxyl groups is 3. The molecule has 0 saturated carbocycles. The predicted molar refractivity (Wildman–Crippen MR) is 183 cm³/mol. The van der Waals surface area contributed by atoms with E-state index in [2.05, 4.69) is 22.2 Å². The highest BCUT2D eigenvalue weighted by Gasteiger charge is 2.52. The number of carbonyl (C=O) groups is 2. The summed E-state index contributed by atoms with van der Waals surface area (Å²) in [6, 6.07) is 10.5. The van der Waals surface area contributed by atoms with Crippen LogP contribution in [0.1, 0.15) is 49.9 Å². The number of aromatic nitrogens is 3. The van der Waals surface area contributed by atoms with Crippen LogP contribution in [0.2, 0.25) is 0 Å². The summed E-state index contributed by atoms with van der Waals surface area (Å²) in [4.78, 5) is 31.2. The number of carbonyl (C=O) groups excluding carboxylic acids is 2. The summed E-state index contributed by atoms with van der Waals surface area (Å²) in [6.07, 6.45) is 10.0. The van der Waals surface area contributed by atoms with Crippen LogP contribution in [-0.2, 0) is 34.6 Å². The van der Waals surface area contributed by atoms with E-state index in [4.69, 9.17) is 9.84 Å². The van der Waals surface area contributed by atoms with Gasteiger partial charge in [-0.2, -0.15) is 0 Å². The molecule has 2 aromatic carbocycles. The normalized spacial score (nSPS) is 19.6. The van der Waals surface area contributed by atoms with Crippen LogP contribution in [0.4, 0.5) is 17.1 Å². The molecule has 0 fully saturated rings. The van der Waals surface area contributed by atoms with E-state index in [1.807, 2.05) is 43.3 Å². The minimum absolute atomic E-state index is 0.00492. The standard InChI is InChI=1S/C36H46N6O6/c1-4-17-41-33-13-11-28(42-32-14-12-29(48-5-2)21-26(32)22-31(34(42)45)37-16-7-9-19-43)23-30(33)36(47,35(41)46)25(3)10-6-8-18-40-24-27(15-20-44)38-39-40/h4,6,10-14,21,23-25,31,37,43-44,47H,1,5,7-9,15-20,22H2,2-3H3/b10-6+/t25-,31?,36+/m0/s1. The lowest BCUT2D eigenvalue weighted by Gasteiger charge is -2.35. The fourth-order valence-electron chi connectivity index (χ4n) is 6.43. The Morgan fingerprint density at radius 2 is 1.96 bits per heavy atom. The second kappa shape index (κ2) is 15.7. The first-order valence-corrected chi connectivity index (χ1v) is 16.7. The second-order valence-corrected chi connectivity index (χ2v) is 12.2. The van der Waals surface area contributed by atoms with Crippen LogP contribution in [0.3, 0.4) is 0 Å². The Morgan fingerprint density at radius 1 is 1.15 bits per heavy atom. The van der Waals surface area contributed by atoms with Crippen LogP contribution >= 0.6 is 0 Å². The lowest BCUT2D eigenvalue weighted by molar-refractivity contribution is -0.139. The van der Waals surface area contributed by atoms with E-state index < -0.39 is 23.5 Å². The second-order valence-electron chi connectivity index (χ2n) is 12.2. The number of allylic oxidation sites excluding steroid dienone is 1. The quantitative estimate of drug-likeness (QED) is 0.127. The molecule has 2 aliphatic rings. The van der Waals surface area contributed by atoms with Crippen LogP contribution in [0.5, 0.6) is 5.75 Å². The van der Waals surface area contributed by atoms with Crippen molar-refractivity contribution < 1.29 is 29.6 Å². The number of anilines is 3. The number of ether oxygens (including phenoxy) is 1. The van der Waals surface area contributed by atoms with E-state index in [1.54, 1.807) is 40.9 Å². The van der Waals surface area contributed by atoms with Gasteiger partial charge in [0.1, 0.15) is 5.75 Å². The zero-order valence-corrected chi connectivity index (χ0v) is 27.7. The van der Waals surface area contributed by atoms with E-state index in [0.29, 0.717) is 73.8 Å². The van der Waals surface area contributed by atoms with E-state index in [1.165, 1.54) is 4.90 Å². The maximum Gasteiger partial charge on any atom is 0.264 e. The summed E-state index contributed by atoms with van der Waals surface area (Å²) >= 11 is 0. The number of aliphatic hydroxyl groups excluding tert-OH is 2. The van der Waals surface area contributed by atoms with Crippen molar-refractivity contribution in [2.24, 2.45) is 5.92 Å². The molecule has 3 heterocycles. The van der Waals surface area contributed by atoms with Gasteiger partial charge in [-0.1, -0.05) is 30.4 Å². The van der Waals surface area contributed by atoms with Crippen molar-refractivity contribution in [3.05, 3.63) is 84.2 Å². The average Bonchev–Trinajstić information content (AvgIpc) is 3.62. The number of hydrogen-bond acceptors (Lipinski definition) is 9. The third-order valence-electron chi connectivity index (χ3n) is 8.91. The zero-order valence-electron chi connectivity index (χ0n) is 27.7. The van der Waals surface area contributed by atoms with E-state index in [-0.39, 0.29) is 25.7 Å². The Balaban J connectivity index is 1.47. The highest BCUT2D eigenvalue weighted by Crippen LogP contribution is 2.48. The van der Waals surface area contributed by atoms with Gasteiger partial charge in [-0.15, -0.1) is 11.7 Å². The van der Waals surface area contributed by atoms with Gasteiger partial charge >= 0.3 is 0 Å². The molecule has 0 saturated heterocycles. The number of rotatable bonds is 17. The maximum atomic E-state index is 14.1. The van der Waals surface area contributed by atoms with Crippen molar-refractivity contribution in [1.29, 1.82) is 0 Å². The summed E-state index contributed by atoms with van der Waals surface area (Å²) in [6.45, 7) is 9.50. The van der Waals surface area contributed by atoms with Gasteiger partial charge in [0.25, 0.3) is 5.91 Å². The average molecular weight is 659 g/mol. The van der Waals surface area contributed by atoms with Gasteiger partial charge in [-0.3, -0.25) is 19.2 Å². The van der Waals surface area contributed by atoms with Crippen molar-refractivity contribution in [3.63, 3.8) is 0 Å². The SMILES string of the molecule is C=CCN1C(=O)[C@@](O)([C@@H](C)/C=C/CCn2cc(CCO)nn2)c2cc(N3C(=O)C(NCCCCO)Cc4cc(OCC)ccc43)ccc21. The molecule has 0 radical (unpaired) electrons. The molecule has 5 rings (SSSR count). The first-order valence-electron chi connectivity index (χ1n) is 16.7. The predicted octanol–water partition coefficient (Wildman–Crippen LogP) is 3.17. The number of fused-ring (bicyclic) bond motifs is 2. The molecule has 1 aromatic heterocycles. The lowest BCUT2D eigenvalue weighted by atomic mass is 9.82. The highest BCUT2D eigenvalue weighted by molar-refractivity contribution is 6.10. The summed E-state index contributed by atoms with van der Waals surface area (Å²) in [7, 11) is 0. The van der Waals surface area contributed by atoms with Crippen molar-refractivity contribution in [2.45, 2.75) is 64.1 Å². The first kappa shape index (κ1) is 35.0. The molecule has 0 spiro atoms. The molecular weight excluding hydrogens is 612 g/mol. The number of aryl methyl sites for hydroxylation is 1. The topological polar surface area (TPSA) is 153 Å². The third-order valence-corrected chi connectivity index (χ3v) is 8.91. The monoisotopic (exact) mass is 658 g/mol. The molecule has 0 bridgehead atoms.